The summed E-state index contributed by atoms with van der Waals surface area (Å²) in [6.45, 7) is 8.79. The number of benzene rings is 2. The number of hydrogen-bond donors (Lipinski definition) is 4. The summed E-state index contributed by atoms with van der Waals surface area (Å²) in [5, 5.41) is 18.5. The van der Waals surface area contributed by atoms with E-state index in [1.54, 1.807) is 0 Å². The molecule has 2 aromatic carbocycles. The summed E-state index contributed by atoms with van der Waals surface area (Å²) in [5.41, 5.74) is 5.10. The Morgan fingerprint density at radius 3 is 2.32 bits per heavy atom. The molecular weight excluding hydrogens is 482 g/mol. The van der Waals surface area contributed by atoms with Crippen LogP contribution in [-0.2, 0) is 16.0 Å². The molecule has 0 spiro atoms. The van der Waals surface area contributed by atoms with E-state index in [-0.39, 0.29) is 24.2 Å². The molecule has 1 atom stereocenters. The summed E-state index contributed by atoms with van der Waals surface area (Å²) >= 11 is 0. The van der Waals surface area contributed by atoms with Crippen LogP contribution in [0.1, 0.15) is 51.9 Å². The van der Waals surface area contributed by atoms with Crippen LogP contribution >= 0.6 is 0 Å². The number of anilines is 1. The number of rotatable bonds is 7. The fourth-order valence-electron chi connectivity index (χ4n) is 5.28. The molecule has 4 N–H and O–H groups in total. The van der Waals surface area contributed by atoms with Gasteiger partial charge in [-0.3, -0.25) is 19.9 Å². The van der Waals surface area contributed by atoms with Crippen LogP contribution in [0.2, 0.25) is 0 Å². The molecule has 202 valence electrons. The zero-order valence-electron chi connectivity index (χ0n) is 22.3. The molecule has 0 bridgehead atoms. The first-order valence-electron chi connectivity index (χ1n) is 13.3. The average Bonchev–Trinajstić information content (AvgIpc) is 2.89. The Kier molecular flexibility index (Phi) is 8.66. The average molecular weight is 520 g/mol. The molecule has 0 aromatic heterocycles. The first-order valence-corrected chi connectivity index (χ1v) is 13.3. The van der Waals surface area contributed by atoms with Gasteiger partial charge in [0.25, 0.3) is 5.91 Å². The number of nitrogens with one attached hydrogen (secondary N) is 3. The van der Waals surface area contributed by atoms with E-state index in [4.69, 9.17) is 0 Å². The van der Waals surface area contributed by atoms with Crippen molar-refractivity contribution in [2.75, 3.05) is 31.1 Å². The molecule has 0 saturated carbocycles. The van der Waals surface area contributed by atoms with Gasteiger partial charge in [-0.25, -0.2) is 4.79 Å². The van der Waals surface area contributed by atoms with Crippen molar-refractivity contribution in [1.29, 1.82) is 0 Å². The number of aliphatic carboxylic acids is 1. The van der Waals surface area contributed by atoms with E-state index in [1.165, 1.54) is 0 Å². The lowest BCUT2D eigenvalue weighted by molar-refractivity contribution is -0.139. The van der Waals surface area contributed by atoms with Gasteiger partial charge in [0.15, 0.2) is 5.96 Å². The number of nitrogens with zero attached hydrogens (tertiary/aromatic N) is 2. The SMILES string of the molecule is Cc1cc(C)c(C(=O)NC(Cc2ccc(N3CCC(C(=O)NC4=NCCCN4)CC3)cc2)C(=O)O)c(C)c1. The Labute approximate surface area is 223 Å². The maximum absolute atomic E-state index is 12.9. The van der Waals surface area contributed by atoms with Gasteiger partial charge in [0.1, 0.15) is 6.04 Å². The largest absolute Gasteiger partial charge is 0.480 e. The standard InChI is InChI=1S/C29H37N5O4/c1-18-15-19(2)25(20(3)16-18)27(36)32-24(28(37)38)17-21-5-7-23(8-6-21)34-13-9-22(10-14-34)26(35)33-29-30-11-4-12-31-29/h5-8,15-16,22,24H,4,9-14,17H2,1-3H3,(H,32,36)(H,37,38)(H2,30,31,33,35). The van der Waals surface area contributed by atoms with Crippen LogP contribution in [0.3, 0.4) is 0 Å². The van der Waals surface area contributed by atoms with E-state index in [0.717, 1.165) is 73.4 Å². The highest BCUT2D eigenvalue weighted by atomic mass is 16.4. The molecule has 1 saturated heterocycles. The lowest BCUT2D eigenvalue weighted by Gasteiger charge is -2.33. The molecule has 2 aromatic rings. The summed E-state index contributed by atoms with van der Waals surface area (Å²) in [6, 6.07) is 10.6. The molecule has 4 rings (SSSR count). The summed E-state index contributed by atoms with van der Waals surface area (Å²) in [5.74, 6) is -0.885. The van der Waals surface area contributed by atoms with Crippen LogP contribution < -0.4 is 20.9 Å². The number of piperidine rings is 1. The van der Waals surface area contributed by atoms with E-state index in [1.807, 2.05) is 57.2 Å². The molecule has 38 heavy (non-hydrogen) atoms. The molecule has 1 unspecified atom stereocenters. The molecule has 1 fully saturated rings. The predicted octanol–water partition coefficient (Wildman–Crippen LogP) is 2.72. The molecule has 0 radical (unpaired) electrons. The van der Waals surface area contributed by atoms with Gasteiger partial charge >= 0.3 is 5.97 Å². The van der Waals surface area contributed by atoms with Crippen molar-refractivity contribution in [3.8, 4) is 0 Å². The van der Waals surface area contributed by atoms with Crippen LogP contribution in [0.25, 0.3) is 0 Å². The number of aliphatic imine (C=N–C) groups is 1. The third-order valence-corrected chi connectivity index (χ3v) is 7.25. The highest BCUT2D eigenvalue weighted by Gasteiger charge is 2.27. The van der Waals surface area contributed by atoms with Gasteiger partial charge in [0.05, 0.1) is 0 Å². The first kappa shape index (κ1) is 27.2. The van der Waals surface area contributed by atoms with Crippen molar-refractivity contribution in [2.45, 2.75) is 52.5 Å². The number of carboxylic acid groups (broad SMARTS) is 1. The van der Waals surface area contributed by atoms with E-state index in [0.29, 0.717) is 11.5 Å². The summed E-state index contributed by atoms with van der Waals surface area (Å²) in [4.78, 5) is 44.0. The van der Waals surface area contributed by atoms with E-state index in [2.05, 4.69) is 25.8 Å². The molecule has 2 aliphatic heterocycles. The van der Waals surface area contributed by atoms with Gasteiger partial charge in [-0.1, -0.05) is 29.8 Å². The Hall–Kier alpha value is -3.88. The second kappa shape index (κ2) is 12.1. The maximum Gasteiger partial charge on any atom is 0.326 e. The van der Waals surface area contributed by atoms with Crippen molar-refractivity contribution >= 4 is 29.4 Å². The number of hydrogen-bond acceptors (Lipinski definition) is 6. The Morgan fingerprint density at radius 1 is 1.08 bits per heavy atom. The van der Waals surface area contributed by atoms with Crippen molar-refractivity contribution in [1.82, 2.24) is 16.0 Å². The lowest BCUT2D eigenvalue weighted by Crippen LogP contribution is -2.48. The summed E-state index contributed by atoms with van der Waals surface area (Å²) in [7, 11) is 0. The highest BCUT2D eigenvalue weighted by molar-refractivity contribution is 5.99. The quantitative estimate of drug-likeness (QED) is 0.446. The van der Waals surface area contributed by atoms with Gasteiger partial charge in [-0.2, -0.15) is 0 Å². The fraction of sp³-hybridized carbons (Fsp3) is 0.448. The number of carbonyl (C=O) groups is 3. The Bertz CT molecular complexity index is 1190. The monoisotopic (exact) mass is 519 g/mol. The van der Waals surface area contributed by atoms with E-state index >= 15 is 0 Å². The fourth-order valence-corrected chi connectivity index (χ4v) is 5.28. The highest BCUT2D eigenvalue weighted by Crippen LogP contribution is 2.24. The topological polar surface area (TPSA) is 123 Å². The van der Waals surface area contributed by atoms with Gasteiger partial charge in [-0.15, -0.1) is 0 Å². The van der Waals surface area contributed by atoms with Gasteiger partial charge in [-0.05, 0) is 68.9 Å². The summed E-state index contributed by atoms with van der Waals surface area (Å²) < 4.78 is 0. The lowest BCUT2D eigenvalue weighted by atomic mass is 9.95. The Morgan fingerprint density at radius 2 is 1.74 bits per heavy atom. The first-order chi connectivity index (χ1) is 18.2. The minimum absolute atomic E-state index is 0.0194. The minimum atomic E-state index is -1.07. The van der Waals surface area contributed by atoms with Crippen LogP contribution in [0.15, 0.2) is 41.4 Å². The zero-order valence-corrected chi connectivity index (χ0v) is 22.3. The number of amides is 2. The number of carboxylic acids is 1. The molecule has 9 nitrogen and oxygen atoms in total. The van der Waals surface area contributed by atoms with Crippen molar-refractivity contribution in [3.05, 3.63) is 64.2 Å². The second-order valence-corrected chi connectivity index (χ2v) is 10.3. The maximum atomic E-state index is 12.9. The van der Waals surface area contributed by atoms with Crippen LogP contribution in [0.5, 0.6) is 0 Å². The molecule has 0 aliphatic carbocycles. The summed E-state index contributed by atoms with van der Waals surface area (Å²) in [6.07, 6.45) is 2.68. The van der Waals surface area contributed by atoms with Gasteiger partial charge in [0, 0.05) is 49.8 Å². The van der Waals surface area contributed by atoms with Gasteiger partial charge < -0.3 is 20.6 Å². The molecule has 2 amide bonds. The van der Waals surface area contributed by atoms with E-state index in [9.17, 15) is 19.5 Å². The Balaban J connectivity index is 1.32. The smallest absolute Gasteiger partial charge is 0.326 e. The number of guanidine groups is 1. The third-order valence-electron chi connectivity index (χ3n) is 7.25. The van der Waals surface area contributed by atoms with Gasteiger partial charge in [0.2, 0.25) is 5.91 Å². The minimum Gasteiger partial charge on any atom is -0.480 e. The van der Waals surface area contributed by atoms with E-state index < -0.39 is 12.0 Å². The normalized spacial score (nSPS) is 16.7. The predicted molar refractivity (Wildman–Crippen MR) is 148 cm³/mol. The molecule has 9 heteroatoms. The van der Waals surface area contributed by atoms with Crippen LogP contribution in [-0.4, -0.2) is 61.1 Å². The number of aryl methyl sites for hydroxylation is 3. The molecule has 2 heterocycles. The van der Waals surface area contributed by atoms with Crippen LogP contribution in [0, 0.1) is 26.7 Å². The van der Waals surface area contributed by atoms with Crippen molar-refractivity contribution in [3.63, 3.8) is 0 Å². The molecule has 2 aliphatic rings. The third kappa shape index (κ3) is 6.70. The number of carbonyl (C=O) groups excluding carboxylic acids is 2. The van der Waals surface area contributed by atoms with Crippen LogP contribution in [0.4, 0.5) is 5.69 Å². The second-order valence-electron chi connectivity index (χ2n) is 10.3. The zero-order chi connectivity index (χ0) is 27.2. The van der Waals surface area contributed by atoms with Crippen molar-refractivity contribution < 1.29 is 19.5 Å². The van der Waals surface area contributed by atoms with Crippen molar-refractivity contribution in [2.24, 2.45) is 10.9 Å². The molecular formula is C29H37N5O4.